The molecule has 19 atom stereocenters. The van der Waals surface area contributed by atoms with Gasteiger partial charge in [0.15, 0.2) is 29.8 Å². The molecule has 26 nitrogen and oxygen atoms in total. The van der Waals surface area contributed by atoms with Gasteiger partial charge in [-0.1, -0.05) is 0 Å². The molecule has 0 saturated carbocycles. The molecule has 65 heavy (non-hydrogen) atoms. The van der Waals surface area contributed by atoms with Crippen molar-refractivity contribution in [3.05, 3.63) is 40.6 Å². The molecule has 0 aliphatic carbocycles. The highest BCUT2D eigenvalue weighted by atomic mass is 16.8. The molecular weight excluding hydrogens is 884 g/mol. The highest BCUT2D eigenvalue weighted by molar-refractivity contribution is 5.88. The van der Waals surface area contributed by atoms with Gasteiger partial charge in [-0.25, -0.2) is 0 Å². The molecule has 2 aromatic carbocycles. The van der Waals surface area contributed by atoms with Crippen LogP contribution in [0.2, 0.25) is 0 Å². The van der Waals surface area contributed by atoms with E-state index in [9.17, 15) is 81.4 Å². The largest absolute Gasteiger partial charge is 0.508 e. The lowest BCUT2D eigenvalue weighted by atomic mass is 9.96. The van der Waals surface area contributed by atoms with E-state index in [4.69, 9.17) is 47.0 Å². The van der Waals surface area contributed by atoms with E-state index < -0.39 is 177 Å². The fraction of sp³-hybridized carbons (Fsp3) is 0.615. The fourth-order valence-electron chi connectivity index (χ4n) is 7.71. The molecule has 0 radical (unpaired) electrons. The number of hydrogen-bond donors (Lipinski definition) is 15. The Hall–Kier alpha value is -4.11. The smallest absolute Gasteiger partial charge is 0.239 e. The topological polar surface area (TPSA) is 417 Å². The number of aliphatic hydroxyl groups is 13. The summed E-state index contributed by atoms with van der Waals surface area (Å²) in [6.07, 6.45) is -34.6. The lowest BCUT2D eigenvalue weighted by Gasteiger charge is -2.47. The first-order chi connectivity index (χ1) is 30.9. The van der Waals surface area contributed by atoms with Crippen LogP contribution in [-0.2, 0) is 28.4 Å². The lowest BCUT2D eigenvalue weighted by Crippen LogP contribution is -2.66. The van der Waals surface area contributed by atoms with E-state index in [1.54, 1.807) is 0 Å². The van der Waals surface area contributed by atoms with Crippen molar-refractivity contribution in [3.8, 4) is 40.1 Å². The maximum Gasteiger partial charge on any atom is 0.239 e. The predicted molar refractivity (Wildman–Crippen MR) is 206 cm³/mol. The van der Waals surface area contributed by atoms with Crippen LogP contribution in [0.4, 0.5) is 0 Å². The average Bonchev–Trinajstić information content (AvgIpc) is 3.28. The SMILES string of the molecule is COc1cc(-c2oc3cc(O)cc(O)c3c(=O)c2O[C@@H]2O[C@H](CO)[C@@H](O)[C@H](O[C@@H]3O[C@H](CO)[C@@H](O)[C@H](O)[C@H]3O[C@@H]3OC[C@@H](O)[C@H](O)[C@H]3O)[C@H]2O)ccc1O[C@@H]1O[C@H](CO)[C@@H](O)[C@H](O)[C@H]1O. The van der Waals surface area contributed by atoms with Gasteiger partial charge in [0.05, 0.1) is 33.5 Å². The molecule has 1 aromatic heterocycles. The maximum absolute atomic E-state index is 14.3. The second-order valence-corrected chi connectivity index (χ2v) is 15.6. The minimum atomic E-state index is -2.21. The van der Waals surface area contributed by atoms with Crippen LogP contribution in [0.1, 0.15) is 0 Å². The van der Waals surface area contributed by atoms with Gasteiger partial charge in [0.25, 0.3) is 0 Å². The average molecular weight is 935 g/mol. The Labute approximate surface area is 365 Å². The minimum Gasteiger partial charge on any atom is -0.508 e. The normalized spacial score (nSPS) is 39.0. The Balaban J connectivity index is 1.23. The van der Waals surface area contributed by atoms with E-state index in [0.717, 1.165) is 12.1 Å². The number of phenolic OH excluding ortho intramolecular Hbond substituents is 2. The minimum absolute atomic E-state index is 0.0698. The molecule has 4 saturated heterocycles. The number of hydrogen-bond acceptors (Lipinski definition) is 26. The van der Waals surface area contributed by atoms with Crippen molar-refractivity contribution < 1.29 is 124 Å². The zero-order valence-electron chi connectivity index (χ0n) is 33.9. The van der Waals surface area contributed by atoms with E-state index in [2.05, 4.69) is 0 Å². The Morgan fingerprint density at radius 1 is 0.600 bits per heavy atom. The van der Waals surface area contributed by atoms with Crippen LogP contribution in [0.3, 0.4) is 0 Å². The van der Waals surface area contributed by atoms with E-state index >= 15 is 0 Å². The molecule has 26 heteroatoms. The first-order valence-corrected chi connectivity index (χ1v) is 20.0. The van der Waals surface area contributed by atoms with E-state index in [-0.39, 0.29) is 22.6 Å². The summed E-state index contributed by atoms with van der Waals surface area (Å²) in [5.41, 5.74) is -1.59. The van der Waals surface area contributed by atoms with Gasteiger partial charge in [0.2, 0.25) is 23.8 Å². The lowest BCUT2D eigenvalue weighted by molar-refractivity contribution is -0.380. The van der Waals surface area contributed by atoms with Crippen LogP contribution in [0.15, 0.2) is 39.5 Å². The van der Waals surface area contributed by atoms with Crippen LogP contribution in [0, 0.1) is 0 Å². The molecule has 0 amide bonds. The van der Waals surface area contributed by atoms with Crippen molar-refractivity contribution in [2.75, 3.05) is 33.5 Å². The van der Waals surface area contributed by atoms with Gasteiger partial charge in [-0.15, -0.1) is 0 Å². The van der Waals surface area contributed by atoms with Crippen LogP contribution in [0.5, 0.6) is 28.7 Å². The summed E-state index contributed by atoms with van der Waals surface area (Å²) >= 11 is 0. The third kappa shape index (κ3) is 9.43. The molecule has 15 N–H and O–H groups in total. The van der Waals surface area contributed by atoms with Crippen LogP contribution in [0.25, 0.3) is 22.3 Å². The van der Waals surface area contributed by atoms with Gasteiger partial charge in [-0.05, 0) is 18.2 Å². The predicted octanol–water partition coefficient (Wildman–Crippen LogP) is -6.48. The van der Waals surface area contributed by atoms with Crippen molar-refractivity contribution >= 4 is 11.0 Å². The highest BCUT2D eigenvalue weighted by Crippen LogP contribution is 2.41. The van der Waals surface area contributed by atoms with Crippen molar-refractivity contribution in [2.24, 2.45) is 0 Å². The molecule has 7 rings (SSSR count). The number of benzene rings is 2. The molecule has 0 bridgehead atoms. The number of fused-ring (bicyclic) bond motifs is 1. The number of rotatable bonds is 13. The van der Waals surface area contributed by atoms with Crippen molar-refractivity contribution in [3.63, 3.8) is 0 Å². The summed E-state index contributed by atoms with van der Waals surface area (Å²) in [4.78, 5) is 14.3. The second kappa shape index (κ2) is 20.0. The van der Waals surface area contributed by atoms with E-state index in [1.165, 1.54) is 25.3 Å². The molecule has 0 spiro atoms. The van der Waals surface area contributed by atoms with Crippen LogP contribution in [-0.4, -0.2) is 227 Å². The van der Waals surface area contributed by atoms with E-state index in [0.29, 0.717) is 0 Å². The Kier molecular flexibility index (Phi) is 15.0. The zero-order chi connectivity index (χ0) is 47.2. The van der Waals surface area contributed by atoms with Crippen molar-refractivity contribution in [2.45, 2.75) is 117 Å². The number of aliphatic hydroxyl groups excluding tert-OH is 13. The molecule has 4 fully saturated rings. The molecule has 4 aliphatic heterocycles. The van der Waals surface area contributed by atoms with Crippen LogP contribution < -0.4 is 19.6 Å². The standard InChI is InChI=1S/C39H50O26/c1-56-16-4-11(2-3-15(16)59-37-30(54)27(51)23(47)18(7-40)60-37)32-34(26(50)21-13(44)5-12(43)6-17(21)58-32)64-38-31(55)33(25(49)20(9-42)61-38)63-39-35(28(52)24(48)19(8-41)62-39)65-36-29(53)22(46)14(45)10-57-36/h2-6,14,18-20,22-25,27-31,33,35-49,51-55H,7-10H2,1H3/t14-,18-,19-,20-,22+,23-,24-,25-,27+,28+,29-,30-,31-,33+,35-,36+,37-,38+,39+/m1/s1. The Morgan fingerprint density at radius 2 is 1.18 bits per heavy atom. The molecule has 3 aromatic rings. The monoisotopic (exact) mass is 934 g/mol. The van der Waals surface area contributed by atoms with Gasteiger partial charge in [-0.2, -0.15) is 0 Å². The summed E-state index contributed by atoms with van der Waals surface area (Å²) in [5.74, 6) is -2.91. The van der Waals surface area contributed by atoms with Gasteiger partial charge in [0.1, 0.15) is 114 Å². The molecule has 4 aliphatic rings. The van der Waals surface area contributed by atoms with E-state index in [1.807, 2.05) is 0 Å². The third-order valence-electron chi connectivity index (χ3n) is 11.4. The van der Waals surface area contributed by atoms with Gasteiger partial charge in [0, 0.05) is 17.7 Å². The summed E-state index contributed by atoms with van der Waals surface area (Å²) in [6, 6.07) is 5.51. The summed E-state index contributed by atoms with van der Waals surface area (Å²) in [6.45, 7) is -3.21. The quantitative estimate of drug-likeness (QED) is 0.0758. The van der Waals surface area contributed by atoms with Crippen molar-refractivity contribution in [1.82, 2.24) is 0 Å². The second-order valence-electron chi connectivity index (χ2n) is 15.6. The van der Waals surface area contributed by atoms with Gasteiger partial charge >= 0.3 is 0 Å². The number of ether oxygens (including phenoxy) is 9. The third-order valence-corrected chi connectivity index (χ3v) is 11.4. The van der Waals surface area contributed by atoms with Crippen LogP contribution >= 0.6 is 0 Å². The number of aromatic hydroxyl groups is 2. The van der Waals surface area contributed by atoms with Gasteiger partial charge < -0.3 is 124 Å². The zero-order valence-corrected chi connectivity index (χ0v) is 33.9. The number of phenols is 2. The fourth-order valence-corrected chi connectivity index (χ4v) is 7.71. The number of methoxy groups -OCH3 is 1. The first-order valence-electron chi connectivity index (χ1n) is 20.0. The first kappa shape index (κ1) is 48.8. The molecule has 5 heterocycles. The van der Waals surface area contributed by atoms with Gasteiger partial charge in [-0.3, -0.25) is 4.79 Å². The Bertz CT molecular complexity index is 2150. The van der Waals surface area contributed by atoms with Crippen molar-refractivity contribution in [1.29, 1.82) is 0 Å². The maximum atomic E-state index is 14.3. The summed E-state index contributed by atoms with van der Waals surface area (Å²) < 4.78 is 56.7. The Morgan fingerprint density at radius 3 is 1.83 bits per heavy atom. The molecular formula is C39H50O26. The summed E-state index contributed by atoms with van der Waals surface area (Å²) in [7, 11) is 1.20. The highest BCUT2D eigenvalue weighted by Gasteiger charge is 2.54. The molecule has 362 valence electrons. The molecule has 0 unspecified atom stereocenters. The summed E-state index contributed by atoms with van der Waals surface area (Å²) in [5, 5.41) is 157.